The van der Waals surface area contributed by atoms with E-state index in [-0.39, 0.29) is 11.8 Å². The average Bonchev–Trinajstić information content (AvgIpc) is 2.80. The van der Waals surface area contributed by atoms with Crippen LogP contribution in [0.4, 0.5) is 5.82 Å². The molecule has 0 unspecified atom stereocenters. The summed E-state index contributed by atoms with van der Waals surface area (Å²) in [5, 5.41) is 3.96. The van der Waals surface area contributed by atoms with E-state index in [9.17, 15) is 4.79 Å². The minimum absolute atomic E-state index is 0.0351. The zero-order valence-corrected chi connectivity index (χ0v) is 17.8. The molecule has 3 aromatic rings. The van der Waals surface area contributed by atoms with Crippen molar-refractivity contribution < 1.29 is 4.79 Å². The van der Waals surface area contributed by atoms with Gasteiger partial charge in [-0.1, -0.05) is 29.5 Å². The molecule has 1 aliphatic heterocycles. The van der Waals surface area contributed by atoms with Crippen molar-refractivity contribution in [1.29, 1.82) is 0 Å². The highest BCUT2D eigenvalue weighted by Gasteiger charge is 2.27. The van der Waals surface area contributed by atoms with Crippen LogP contribution in [0.1, 0.15) is 24.0 Å². The number of aryl methyl sites for hydroxylation is 1. The number of amides is 1. The van der Waals surface area contributed by atoms with Gasteiger partial charge in [-0.25, -0.2) is 9.97 Å². The third kappa shape index (κ3) is 5.16. The molecule has 1 N–H and O–H groups in total. The number of carbonyl (C=O) groups excluding carboxylic acids is 1. The van der Waals surface area contributed by atoms with Gasteiger partial charge < -0.3 is 10.2 Å². The molecule has 6 nitrogen and oxygen atoms in total. The van der Waals surface area contributed by atoms with Crippen LogP contribution in [-0.4, -0.2) is 33.9 Å². The Morgan fingerprint density at radius 1 is 1.03 bits per heavy atom. The maximum Gasteiger partial charge on any atom is 0.223 e. The molecule has 0 atom stereocenters. The van der Waals surface area contributed by atoms with E-state index in [2.05, 4.69) is 56.4 Å². The Bertz CT molecular complexity index is 972. The Hall–Kier alpha value is -2.93. The van der Waals surface area contributed by atoms with Crippen LogP contribution in [-0.2, 0) is 11.3 Å². The number of carbonyl (C=O) groups is 1. The molecule has 154 valence electrons. The molecule has 0 aliphatic carbocycles. The smallest absolute Gasteiger partial charge is 0.223 e. The number of rotatable bonds is 6. The summed E-state index contributed by atoms with van der Waals surface area (Å²) in [6, 6.07) is 12.3. The zero-order valence-electron chi connectivity index (χ0n) is 17.0. The fraction of sp³-hybridized carbons (Fsp3) is 0.304. The van der Waals surface area contributed by atoms with Crippen molar-refractivity contribution in [1.82, 2.24) is 20.3 Å². The summed E-state index contributed by atoms with van der Waals surface area (Å²) in [4.78, 5) is 29.1. The molecule has 2 aromatic heterocycles. The number of piperidine rings is 1. The molecule has 0 radical (unpaired) electrons. The van der Waals surface area contributed by atoms with Crippen LogP contribution in [0.5, 0.6) is 0 Å². The minimum Gasteiger partial charge on any atom is -0.354 e. The first-order chi connectivity index (χ1) is 14.7. The normalized spacial score (nSPS) is 14.5. The molecule has 7 heteroatoms. The number of aromatic nitrogens is 3. The second-order valence-electron chi connectivity index (χ2n) is 7.43. The summed E-state index contributed by atoms with van der Waals surface area (Å²) in [6.45, 7) is 4.23. The zero-order chi connectivity index (χ0) is 20.8. The van der Waals surface area contributed by atoms with E-state index in [1.807, 2.05) is 12.1 Å². The molecular weight excluding hydrogens is 394 g/mol. The number of benzene rings is 1. The van der Waals surface area contributed by atoms with Gasteiger partial charge in [0.1, 0.15) is 5.03 Å². The number of hydrogen-bond acceptors (Lipinski definition) is 6. The average molecular weight is 420 g/mol. The highest BCUT2D eigenvalue weighted by molar-refractivity contribution is 7.99. The maximum absolute atomic E-state index is 12.6. The first-order valence-electron chi connectivity index (χ1n) is 10.2. The fourth-order valence-corrected chi connectivity index (χ4v) is 4.39. The third-order valence-electron chi connectivity index (χ3n) is 5.26. The lowest BCUT2D eigenvalue weighted by atomic mass is 9.96. The van der Waals surface area contributed by atoms with Crippen molar-refractivity contribution in [2.24, 2.45) is 5.92 Å². The number of anilines is 1. The number of pyridine rings is 1. The van der Waals surface area contributed by atoms with E-state index < -0.39 is 0 Å². The predicted octanol–water partition coefficient (Wildman–Crippen LogP) is 3.86. The second-order valence-corrected chi connectivity index (χ2v) is 8.50. The van der Waals surface area contributed by atoms with E-state index in [1.54, 1.807) is 36.5 Å². The van der Waals surface area contributed by atoms with Crippen LogP contribution in [0, 0.1) is 12.8 Å². The Kier molecular flexibility index (Phi) is 6.59. The first kappa shape index (κ1) is 20.3. The van der Waals surface area contributed by atoms with Gasteiger partial charge >= 0.3 is 0 Å². The Labute approximate surface area is 181 Å². The van der Waals surface area contributed by atoms with Gasteiger partial charge in [-0.3, -0.25) is 9.78 Å². The molecule has 3 heterocycles. The van der Waals surface area contributed by atoms with E-state index in [0.717, 1.165) is 47.2 Å². The van der Waals surface area contributed by atoms with Gasteiger partial charge in [-0.05, 0) is 49.6 Å². The second kappa shape index (κ2) is 9.71. The Morgan fingerprint density at radius 3 is 2.47 bits per heavy atom. The van der Waals surface area contributed by atoms with Gasteiger partial charge in [-0.15, -0.1) is 0 Å². The van der Waals surface area contributed by atoms with Gasteiger partial charge in [0, 0.05) is 55.2 Å². The molecule has 1 amide bonds. The molecule has 1 fully saturated rings. The number of nitrogens with zero attached hydrogens (tertiary/aromatic N) is 4. The summed E-state index contributed by atoms with van der Waals surface area (Å²) in [5.74, 6) is 1.06. The summed E-state index contributed by atoms with van der Waals surface area (Å²) in [6.07, 6.45) is 8.59. The summed E-state index contributed by atoms with van der Waals surface area (Å²) in [5.41, 5.74) is 2.30. The van der Waals surface area contributed by atoms with Gasteiger partial charge in [0.15, 0.2) is 5.82 Å². The highest BCUT2D eigenvalue weighted by atomic mass is 32.2. The summed E-state index contributed by atoms with van der Waals surface area (Å²) < 4.78 is 0. The van der Waals surface area contributed by atoms with Gasteiger partial charge in [0.05, 0.1) is 0 Å². The maximum atomic E-state index is 12.6. The first-order valence-corrected chi connectivity index (χ1v) is 11.0. The monoisotopic (exact) mass is 419 g/mol. The van der Waals surface area contributed by atoms with Crippen LogP contribution >= 0.6 is 11.8 Å². The molecule has 30 heavy (non-hydrogen) atoms. The van der Waals surface area contributed by atoms with Crippen LogP contribution in [0.2, 0.25) is 0 Å². The molecule has 1 aliphatic rings. The molecular formula is C23H25N5OS. The molecule has 4 rings (SSSR count). The number of hydrogen-bond donors (Lipinski definition) is 1. The summed E-state index contributed by atoms with van der Waals surface area (Å²) >= 11 is 1.63. The van der Waals surface area contributed by atoms with E-state index in [4.69, 9.17) is 0 Å². The molecule has 1 saturated heterocycles. The lowest BCUT2D eigenvalue weighted by Gasteiger charge is -2.32. The van der Waals surface area contributed by atoms with Crippen LogP contribution in [0.15, 0.2) is 71.1 Å². The quantitative estimate of drug-likeness (QED) is 0.654. The Morgan fingerprint density at radius 2 is 1.73 bits per heavy atom. The van der Waals surface area contributed by atoms with Crippen LogP contribution in [0.3, 0.4) is 0 Å². The topological polar surface area (TPSA) is 71.0 Å². The van der Waals surface area contributed by atoms with Crippen molar-refractivity contribution in [3.8, 4) is 0 Å². The molecule has 0 bridgehead atoms. The van der Waals surface area contributed by atoms with E-state index in [0.29, 0.717) is 6.54 Å². The predicted molar refractivity (Wildman–Crippen MR) is 118 cm³/mol. The minimum atomic E-state index is 0.0351. The molecule has 0 saturated carbocycles. The third-order valence-corrected chi connectivity index (χ3v) is 6.25. The van der Waals surface area contributed by atoms with Crippen molar-refractivity contribution in [3.63, 3.8) is 0 Å². The molecule has 0 spiro atoms. The Balaban J connectivity index is 1.35. The molecule has 1 aromatic carbocycles. The lowest BCUT2D eigenvalue weighted by molar-refractivity contribution is -0.125. The highest BCUT2D eigenvalue weighted by Crippen LogP contribution is 2.34. The van der Waals surface area contributed by atoms with Gasteiger partial charge in [0.25, 0.3) is 0 Å². The standard InChI is InChI=1S/C23H25N5OS/c1-17-2-4-20(5-3-17)30-23-21(25-12-13-26-23)28-14-8-19(9-15-28)22(29)27-16-18-6-10-24-11-7-18/h2-7,10-13,19H,8-9,14-16H2,1H3,(H,27,29). The number of nitrogens with one attached hydrogen (secondary N) is 1. The van der Waals surface area contributed by atoms with Crippen LogP contribution < -0.4 is 10.2 Å². The van der Waals surface area contributed by atoms with Gasteiger partial charge in [0.2, 0.25) is 5.91 Å². The van der Waals surface area contributed by atoms with Gasteiger partial charge in [-0.2, -0.15) is 0 Å². The van der Waals surface area contributed by atoms with E-state index >= 15 is 0 Å². The lowest BCUT2D eigenvalue weighted by Crippen LogP contribution is -2.41. The van der Waals surface area contributed by atoms with Crippen molar-refractivity contribution in [2.45, 2.75) is 36.2 Å². The fourth-order valence-electron chi connectivity index (χ4n) is 3.51. The SMILES string of the molecule is Cc1ccc(Sc2nccnc2N2CCC(C(=O)NCc3ccncc3)CC2)cc1. The van der Waals surface area contributed by atoms with Crippen molar-refractivity contribution >= 4 is 23.5 Å². The van der Waals surface area contributed by atoms with Crippen molar-refractivity contribution in [2.75, 3.05) is 18.0 Å². The summed E-state index contributed by atoms with van der Waals surface area (Å²) in [7, 11) is 0. The largest absolute Gasteiger partial charge is 0.354 e. The van der Waals surface area contributed by atoms with Crippen LogP contribution in [0.25, 0.3) is 0 Å². The van der Waals surface area contributed by atoms with Crippen molar-refractivity contribution in [3.05, 3.63) is 72.3 Å². The van der Waals surface area contributed by atoms with E-state index in [1.165, 1.54) is 5.56 Å².